The lowest BCUT2D eigenvalue weighted by molar-refractivity contribution is 0.0619. The van der Waals surface area contributed by atoms with E-state index < -0.39 is 0 Å². The second-order valence-corrected chi connectivity index (χ2v) is 7.67. The van der Waals surface area contributed by atoms with Crippen molar-refractivity contribution in [1.29, 1.82) is 0 Å². The van der Waals surface area contributed by atoms with Gasteiger partial charge in [0.1, 0.15) is 0 Å². The average molecular weight is 433 g/mol. The van der Waals surface area contributed by atoms with Crippen molar-refractivity contribution in [3.8, 4) is 0 Å². The number of hydrogen-bond donors (Lipinski definition) is 3. The minimum Gasteiger partial charge on any atom is -0.383 e. The first kappa shape index (κ1) is 20.8. The molecule has 3 aromatic carbocycles. The summed E-state index contributed by atoms with van der Waals surface area (Å²) < 4.78 is 0. The van der Waals surface area contributed by atoms with Crippen molar-refractivity contribution >= 4 is 45.6 Å². The minimum absolute atomic E-state index is 0.237. The number of hydrogen-bond acceptors (Lipinski definition) is 4. The molecule has 0 radical (unpaired) electrons. The molecule has 0 spiro atoms. The molecule has 0 fully saturated rings. The lowest BCUT2D eigenvalue weighted by atomic mass is 9.93. The maximum Gasteiger partial charge on any atom is 0.261 e. The van der Waals surface area contributed by atoms with E-state index in [1.807, 2.05) is 55.5 Å². The zero-order valence-electron chi connectivity index (χ0n) is 17.3. The smallest absolute Gasteiger partial charge is 0.261 e. The van der Waals surface area contributed by atoms with Gasteiger partial charge in [-0.2, -0.15) is 0 Å². The summed E-state index contributed by atoms with van der Waals surface area (Å²) in [5.74, 6) is -0.474. The van der Waals surface area contributed by atoms with Crippen LogP contribution in [0.1, 0.15) is 33.2 Å². The Morgan fingerprint density at radius 2 is 1.61 bits per heavy atom. The highest BCUT2D eigenvalue weighted by Crippen LogP contribution is 2.34. The van der Waals surface area contributed by atoms with E-state index in [1.165, 1.54) is 10.5 Å². The molecule has 3 aromatic rings. The molecule has 2 amide bonds. The van der Waals surface area contributed by atoms with Gasteiger partial charge in [0, 0.05) is 53.8 Å². The van der Waals surface area contributed by atoms with Crippen molar-refractivity contribution < 1.29 is 9.59 Å². The fourth-order valence-electron chi connectivity index (χ4n) is 3.80. The van der Waals surface area contributed by atoms with Gasteiger partial charge < -0.3 is 16.0 Å². The summed E-state index contributed by atoms with van der Waals surface area (Å²) in [6, 6.07) is 19.3. The normalized spacial score (nSPS) is 12.7. The fraction of sp³-hybridized carbons (Fsp3) is 0.208. The highest BCUT2D eigenvalue weighted by molar-refractivity contribution is 7.80. The van der Waals surface area contributed by atoms with Gasteiger partial charge in [-0.3, -0.25) is 14.5 Å². The van der Waals surface area contributed by atoms with Gasteiger partial charge >= 0.3 is 0 Å². The molecule has 0 unspecified atom stereocenters. The summed E-state index contributed by atoms with van der Waals surface area (Å²) in [6.45, 7) is 4.10. The van der Waals surface area contributed by atoms with Crippen molar-refractivity contribution in [2.45, 2.75) is 13.5 Å². The molecule has 0 aliphatic carbocycles. The topological polar surface area (TPSA) is 73.5 Å². The van der Waals surface area contributed by atoms with Gasteiger partial charge in [0.25, 0.3) is 11.8 Å². The molecule has 0 saturated carbocycles. The third kappa shape index (κ3) is 4.22. The molecule has 0 saturated heterocycles. The number of anilines is 1. The Hall–Kier alpha value is -3.45. The van der Waals surface area contributed by atoms with Crippen LogP contribution in [-0.2, 0) is 6.54 Å². The molecule has 7 heteroatoms. The number of rotatable bonds is 7. The largest absolute Gasteiger partial charge is 0.383 e. The van der Waals surface area contributed by atoms with Crippen molar-refractivity contribution in [3.05, 3.63) is 77.4 Å². The molecule has 0 bridgehead atoms. The Morgan fingerprint density at radius 1 is 0.871 bits per heavy atom. The van der Waals surface area contributed by atoms with Crippen molar-refractivity contribution in [2.75, 3.05) is 25.0 Å². The van der Waals surface area contributed by atoms with Crippen molar-refractivity contribution in [2.24, 2.45) is 0 Å². The SMILES string of the molecule is CCN1C(=O)c2cccc3c(NCCNC(=S)NCc4ccccc4)ccc(c23)C1=O. The Kier molecular flexibility index (Phi) is 6.13. The van der Waals surface area contributed by atoms with Crippen LogP contribution in [0.15, 0.2) is 60.7 Å². The van der Waals surface area contributed by atoms with Crippen LogP contribution in [0.25, 0.3) is 10.8 Å². The highest BCUT2D eigenvalue weighted by Gasteiger charge is 2.32. The molecule has 0 atom stereocenters. The van der Waals surface area contributed by atoms with E-state index in [9.17, 15) is 9.59 Å². The highest BCUT2D eigenvalue weighted by atomic mass is 32.1. The lowest BCUT2D eigenvalue weighted by Crippen LogP contribution is -2.40. The van der Waals surface area contributed by atoms with Gasteiger partial charge in [-0.15, -0.1) is 0 Å². The first-order valence-electron chi connectivity index (χ1n) is 10.3. The van der Waals surface area contributed by atoms with Crippen LogP contribution in [0.3, 0.4) is 0 Å². The van der Waals surface area contributed by atoms with Gasteiger partial charge in [-0.05, 0) is 42.9 Å². The van der Waals surface area contributed by atoms with Crippen molar-refractivity contribution in [3.63, 3.8) is 0 Å². The Morgan fingerprint density at radius 3 is 2.35 bits per heavy atom. The standard InChI is InChI=1S/C24H24N4O2S/c1-2-28-22(29)18-10-6-9-17-20(12-11-19(21(17)18)23(28)30)25-13-14-26-24(31)27-15-16-7-4-3-5-8-16/h3-12,25H,2,13-15H2,1H3,(H2,26,27,31). The van der Waals surface area contributed by atoms with E-state index in [0.717, 1.165) is 16.5 Å². The predicted octanol–water partition coefficient (Wildman–Crippen LogP) is 3.53. The molecule has 31 heavy (non-hydrogen) atoms. The van der Waals surface area contributed by atoms with Crippen LogP contribution < -0.4 is 16.0 Å². The first-order valence-corrected chi connectivity index (χ1v) is 10.7. The molecule has 3 N–H and O–H groups in total. The van der Waals surface area contributed by atoms with Gasteiger partial charge in [0.05, 0.1) is 0 Å². The van der Waals surface area contributed by atoms with Crippen LogP contribution in [0.5, 0.6) is 0 Å². The summed E-state index contributed by atoms with van der Waals surface area (Å²) in [6.07, 6.45) is 0. The molecular weight excluding hydrogens is 408 g/mol. The maximum atomic E-state index is 12.7. The van der Waals surface area contributed by atoms with Crippen LogP contribution in [0, 0.1) is 0 Å². The number of carbonyl (C=O) groups is 2. The second kappa shape index (κ2) is 9.14. The molecule has 4 rings (SSSR count). The molecule has 158 valence electrons. The monoisotopic (exact) mass is 432 g/mol. The number of amides is 2. The first-order chi connectivity index (χ1) is 15.1. The molecular formula is C24H24N4O2S. The summed E-state index contributed by atoms with van der Waals surface area (Å²) in [7, 11) is 0. The van der Waals surface area contributed by atoms with E-state index in [4.69, 9.17) is 12.2 Å². The lowest BCUT2D eigenvalue weighted by Gasteiger charge is -2.26. The molecule has 6 nitrogen and oxygen atoms in total. The van der Waals surface area contributed by atoms with E-state index in [-0.39, 0.29) is 11.8 Å². The predicted molar refractivity (Wildman–Crippen MR) is 127 cm³/mol. The number of imide groups is 1. The van der Waals surface area contributed by atoms with Gasteiger partial charge in [0.2, 0.25) is 0 Å². The molecule has 1 heterocycles. The maximum absolute atomic E-state index is 12.7. The number of thiocarbonyl (C=S) groups is 1. The number of nitrogens with zero attached hydrogens (tertiary/aromatic N) is 1. The molecule has 0 aromatic heterocycles. The van der Waals surface area contributed by atoms with Crippen LogP contribution in [0.2, 0.25) is 0 Å². The van der Waals surface area contributed by atoms with Gasteiger partial charge in [-0.25, -0.2) is 0 Å². The average Bonchev–Trinajstić information content (AvgIpc) is 2.80. The number of benzene rings is 3. The minimum atomic E-state index is -0.237. The van der Waals surface area contributed by atoms with Crippen LogP contribution in [0.4, 0.5) is 5.69 Å². The third-order valence-electron chi connectivity index (χ3n) is 5.33. The van der Waals surface area contributed by atoms with Gasteiger partial charge in [-0.1, -0.05) is 42.5 Å². The van der Waals surface area contributed by atoms with E-state index in [1.54, 1.807) is 12.1 Å². The zero-order chi connectivity index (χ0) is 21.8. The van der Waals surface area contributed by atoms with Crippen molar-refractivity contribution in [1.82, 2.24) is 15.5 Å². The quantitative estimate of drug-likeness (QED) is 0.301. The van der Waals surface area contributed by atoms with E-state index in [2.05, 4.69) is 16.0 Å². The fourth-order valence-corrected chi connectivity index (χ4v) is 3.98. The summed E-state index contributed by atoms with van der Waals surface area (Å²) >= 11 is 5.34. The number of carbonyl (C=O) groups excluding carboxylic acids is 2. The van der Waals surface area contributed by atoms with E-state index in [0.29, 0.717) is 42.4 Å². The van der Waals surface area contributed by atoms with Crippen LogP contribution in [-0.4, -0.2) is 41.5 Å². The zero-order valence-corrected chi connectivity index (χ0v) is 18.1. The molecule has 1 aliphatic heterocycles. The molecule has 1 aliphatic rings. The Labute approximate surface area is 186 Å². The summed E-state index contributed by atoms with van der Waals surface area (Å²) in [5, 5.41) is 12.0. The summed E-state index contributed by atoms with van der Waals surface area (Å²) in [4.78, 5) is 26.7. The Balaban J connectivity index is 1.39. The van der Waals surface area contributed by atoms with Crippen LogP contribution >= 0.6 is 12.2 Å². The van der Waals surface area contributed by atoms with Gasteiger partial charge in [0.15, 0.2) is 5.11 Å². The summed E-state index contributed by atoms with van der Waals surface area (Å²) in [5.41, 5.74) is 3.19. The second-order valence-electron chi connectivity index (χ2n) is 7.27. The van der Waals surface area contributed by atoms with E-state index >= 15 is 0 Å². The third-order valence-corrected chi connectivity index (χ3v) is 5.62. The Bertz CT molecular complexity index is 1120. The number of nitrogens with one attached hydrogen (secondary N) is 3.